The van der Waals surface area contributed by atoms with Crippen LogP contribution in [0.25, 0.3) is 0 Å². The average Bonchev–Trinajstić information content (AvgIpc) is 2.76. The molecule has 0 unspecified atom stereocenters. The molecule has 0 aromatic heterocycles. The molecule has 6 nitrogen and oxygen atoms in total. The number of nitrogens with one attached hydrogen (secondary N) is 2. The van der Waals surface area contributed by atoms with Gasteiger partial charge in [0.25, 0.3) is 0 Å². The number of benzene rings is 3. The zero-order valence-electron chi connectivity index (χ0n) is 16.6. The van der Waals surface area contributed by atoms with E-state index < -0.39 is 11.8 Å². The van der Waals surface area contributed by atoms with Crippen molar-refractivity contribution >= 4 is 46.9 Å². The first-order valence-electron chi connectivity index (χ1n) is 9.28. The quantitative estimate of drug-likeness (QED) is 0.312. The summed E-state index contributed by atoms with van der Waals surface area (Å²) >= 11 is 11.9. The van der Waals surface area contributed by atoms with Crippen LogP contribution in [0.3, 0.4) is 0 Å². The fourth-order valence-electron chi connectivity index (χ4n) is 2.51. The predicted octanol–water partition coefficient (Wildman–Crippen LogP) is 4.97. The fraction of sp³-hybridized carbons (Fsp3) is 0.0870. The minimum Gasteiger partial charge on any atom is -0.489 e. The molecule has 0 saturated carbocycles. The molecule has 0 radical (unpaired) electrons. The molecule has 158 valence electrons. The minimum absolute atomic E-state index is 0.387. The van der Waals surface area contributed by atoms with Crippen LogP contribution in [0.1, 0.15) is 16.7 Å². The van der Waals surface area contributed by atoms with E-state index in [1.807, 2.05) is 25.1 Å². The molecule has 3 aromatic rings. The number of hydrogen-bond donors (Lipinski definition) is 2. The van der Waals surface area contributed by atoms with E-state index in [1.165, 1.54) is 6.21 Å². The van der Waals surface area contributed by atoms with Crippen molar-refractivity contribution in [2.75, 3.05) is 5.32 Å². The molecule has 2 N–H and O–H groups in total. The summed E-state index contributed by atoms with van der Waals surface area (Å²) in [4.78, 5) is 23.9. The maximum atomic E-state index is 12.0. The van der Waals surface area contributed by atoms with Crippen molar-refractivity contribution in [2.24, 2.45) is 5.10 Å². The van der Waals surface area contributed by atoms with Crippen LogP contribution < -0.4 is 15.5 Å². The highest BCUT2D eigenvalue weighted by atomic mass is 35.5. The third-order valence-electron chi connectivity index (χ3n) is 4.19. The highest BCUT2D eigenvalue weighted by molar-refractivity contribution is 6.39. The second-order valence-corrected chi connectivity index (χ2v) is 7.45. The Morgan fingerprint density at radius 1 is 1.00 bits per heavy atom. The number of aryl methyl sites for hydroxylation is 1. The van der Waals surface area contributed by atoms with Crippen LogP contribution in [0, 0.1) is 6.92 Å². The van der Waals surface area contributed by atoms with Crippen molar-refractivity contribution < 1.29 is 14.3 Å². The van der Waals surface area contributed by atoms with Crippen LogP contribution in [-0.2, 0) is 16.2 Å². The lowest BCUT2D eigenvalue weighted by molar-refractivity contribution is -0.136. The first-order valence-corrected chi connectivity index (χ1v) is 10.0. The Morgan fingerprint density at radius 3 is 2.52 bits per heavy atom. The lowest BCUT2D eigenvalue weighted by atomic mass is 10.2. The van der Waals surface area contributed by atoms with Crippen molar-refractivity contribution in [2.45, 2.75) is 13.5 Å². The fourth-order valence-corrected chi connectivity index (χ4v) is 2.81. The van der Waals surface area contributed by atoms with Gasteiger partial charge in [0.1, 0.15) is 12.4 Å². The van der Waals surface area contributed by atoms with Crippen LogP contribution in [0.4, 0.5) is 5.69 Å². The van der Waals surface area contributed by atoms with Gasteiger partial charge in [-0.15, -0.1) is 0 Å². The van der Waals surface area contributed by atoms with Crippen LogP contribution in [0.2, 0.25) is 10.0 Å². The van der Waals surface area contributed by atoms with Gasteiger partial charge >= 0.3 is 11.8 Å². The largest absolute Gasteiger partial charge is 0.489 e. The number of anilines is 1. The molecular weight excluding hydrogens is 437 g/mol. The highest BCUT2D eigenvalue weighted by Crippen LogP contribution is 2.20. The smallest absolute Gasteiger partial charge is 0.329 e. The summed E-state index contributed by atoms with van der Waals surface area (Å²) in [6.07, 6.45) is 1.42. The molecular formula is C23H19Cl2N3O3. The van der Waals surface area contributed by atoms with Crippen molar-refractivity contribution in [1.82, 2.24) is 5.43 Å². The molecule has 31 heavy (non-hydrogen) atoms. The van der Waals surface area contributed by atoms with Crippen molar-refractivity contribution in [3.8, 4) is 5.75 Å². The molecule has 0 saturated heterocycles. The summed E-state index contributed by atoms with van der Waals surface area (Å²) in [6.45, 7) is 2.23. The van der Waals surface area contributed by atoms with E-state index in [-0.39, 0.29) is 0 Å². The van der Waals surface area contributed by atoms with E-state index in [2.05, 4.69) is 15.8 Å². The Morgan fingerprint density at radius 2 is 1.77 bits per heavy atom. The molecule has 0 aliphatic rings. The molecule has 8 heteroatoms. The lowest BCUT2D eigenvalue weighted by Gasteiger charge is -2.07. The number of rotatable bonds is 6. The molecule has 0 spiro atoms. The molecule has 0 aliphatic carbocycles. The number of amides is 2. The Balaban J connectivity index is 1.52. The van der Waals surface area contributed by atoms with Crippen LogP contribution in [0.15, 0.2) is 71.8 Å². The second-order valence-electron chi connectivity index (χ2n) is 6.60. The minimum atomic E-state index is -0.900. The van der Waals surface area contributed by atoms with Gasteiger partial charge in [-0.05, 0) is 60.0 Å². The van der Waals surface area contributed by atoms with E-state index in [0.29, 0.717) is 33.7 Å². The third-order valence-corrected chi connectivity index (χ3v) is 4.85. The summed E-state index contributed by atoms with van der Waals surface area (Å²) in [6, 6.07) is 19.5. The monoisotopic (exact) mass is 455 g/mol. The first kappa shape index (κ1) is 22.3. The summed E-state index contributed by atoms with van der Waals surface area (Å²) in [5, 5.41) is 7.45. The van der Waals surface area contributed by atoms with E-state index in [1.54, 1.807) is 48.5 Å². The maximum absolute atomic E-state index is 12.0. The predicted molar refractivity (Wildman–Crippen MR) is 123 cm³/mol. The zero-order chi connectivity index (χ0) is 22.2. The van der Waals surface area contributed by atoms with Gasteiger partial charge in [-0.25, -0.2) is 5.43 Å². The first-order chi connectivity index (χ1) is 14.9. The van der Waals surface area contributed by atoms with Crippen LogP contribution in [0.5, 0.6) is 5.75 Å². The normalized spacial score (nSPS) is 10.7. The Kier molecular flexibility index (Phi) is 7.65. The summed E-state index contributed by atoms with van der Waals surface area (Å²) in [5.74, 6) is -1.11. The van der Waals surface area contributed by atoms with Gasteiger partial charge in [-0.2, -0.15) is 5.10 Å². The zero-order valence-corrected chi connectivity index (χ0v) is 18.1. The number of hydrogen-bond acceptors (Lipinski definition) is 4. The number of ether oxygens (including phenoxy) is 1. The Labute approximate surface area is 189 Å². The second kappa shape index (κ2) is 10.6. The number of nitrogens with zero attached hydrogens (tertiary/aromatic N) is 1. The van der Waals surface area contributed by atoms with Crippen molar-refractivity contribution in [3.63, 3.8) is 0 Å². The van der Waals surface area contributed by atoms with Gasteiger partial charge in [0.2, 0.25) is 0 Å². The molecule has 3 rings (SSSR count). The molecule has 0 heterocycles. The van der Waals surface area contributed by atoms with Gasteiger partial charge in [-0.1, -0.05) is 53.5 Å². The van der Waals surface area contributed by atoms with Crippen LogP contribution in [-0.4, -0.2) is 18.0 Å². The van der Waals surface area contributed by atoms with Gasteiger partial charge in [0.15, 0.2) is 0 Å². The maximum Gasteiger partial charge on any atom is 0.329 e. The summed E-state index contributed by atoms with van der Waals surface area (Å²) in [7, 11) is 0. The topological polar surface area (TPSA) is 79.8 Å². The average molecular weight is 456 g/mol. The van der Waals surface area contributed by atoms with Gasteiger partial charge in [0, 0.05) is 15.7 Å². The Hall–Kier alpha value is -3.35. The highest BCUT2D eigenvalue weighted by Gasteiger charge is 2.13. The van der Waals surface area contributed by atoms with Crippen LogP contribution >= 0.6 is 23.2 Å². The van der Waals surface area contributed by atoms with Gasteiger partial charge in [-0.3, -0.25) is 9.59 Å². The number of halogens is 2. The van der Waals surface area contributed by atoms with Crippen molar-refractivity contribution in [3.05, 3.63) is 93.5 Å². The number of carbonyl (C=O) groups is 2. The SMILES string of the molecule is Cc1ccc(NC(=O)C(=O)N/N=C\c2cccc(OCc3ccc(Cl)cc3)c2)cc1Cl. The van der Waals surface area contributed by atoms with Crippen molar-refractivity contribution in [1.29, 1.82) is 0 Å². The van der Waals surface area contributed by atoms with Gasteiger partial charge < -0.3 is 10.1 Å². The third kappa shape index (κ3) is 6.84. The molecule has 3 aromatic carbocycles. The molecule has 0 fully saturated rings. The number of carbonyl (C=O) groups excluding carboxylic acids is 2. The molecule has 0 atom stereocenters. The lowest BCUT2D eigenvalue weighted by Crippen LogP contribution is -2.32. The summed E-state index contributed by atoms with van der Waals surface area (Å²) in [5.41, 5.74) is 5.16. The van der Waals surface area contributed by atoms with E-state index in [0.717, 1.165) is 11.1 Å². The standard InChI is InChI=1S/C23H19Cl2N3O3/c1-15-5-10-19(12-21(15)25)27-22(29)23(30)28-26-13-17-3-2-4-20(11-17)31-14-16-6-8-18(24)9-7-16/h2-13H,14H2,1H3,(H,27,29)(H,28,30)/b26-13-. The Bertz CT molecular complexity index is 1120. The molecule has 0 aliphatic heterocycles. The van der Waals surface area contributed by atoms with Gasteiger partial charge in [0.05, 0.1) is 6.21 Å². The molecule has 2 amide bonds. The van der Waals surface area contributed by atoms with E-state index in [9.17, 15) is 9.59 Å². The van der Waals surface area contributed by atoms with E-state index >= 15 is 0 Å². The van der Waals surface area contributed by atoms with E-state index in [4.69, 9.17) is 27.9 Å². The molecule has 0 bridgehead atoms. The summed E-state index contributed by atoms with van der Waals surface area (Å²) < 4.78 is 5.76. The number of hydrazone groups is 1.